The third-order valence-corrected chi connectivity index (χ3v) is 6.94. The maximum absolute atomic E-state index is 13.8. The third-order valence-electron chi connectivity index (χ3n) is 5.13. The molecular weight excluding hydrogens is 418 g/mol. The van der Waals surface area contributed by atoms with Crippen LogP contribution in [0.4, 0.5) is 5.69 Å². The molecule has 0 unspecified atom stereocenters. The molecule has 0 N–H and O–H groups in total. The van der Waals surface area contributed by atoms with Gasteiger partial charge in [-0.1, -0.05) is 0 Å². The molecule has 3 rings (SSSR count). The zero-order valence-corrected chi connectivity index (χ0v) is 19.6. The van der Waals surface area contributed by atoms with Gasteiger partial charge in [0.2, 0.25) is 5.75 Å². The molecule has 0 atom stereocenters. The molecule has 0 radical (unpaired) electrons. The number of methoxy groups -OCH3 is 3. The van der Waals surface area contributed by atoms with Gasteiger partial charge in [0.25, 0.3) is 10.0 Å². The number of anilines is 1. The number of nitrogens with zero attached hydrogens (tertiary/aromatic N) is 3. The van der Waals surface area contributed by atoms with Gasteiger partial charge in [0.15, 0.2) is 11.5 Å². The van der Waals surface area contributed by atoms with Crippen LogP contribution in [-0.4, -0.2) is 66.4 Å². The normalized spacial score (nSPS) is 11.7. The van der Waals surface area contributed by atoms with Gasteiger partial charge in [0.05, 0.1) is 31.9 Å². The zero-order valence-electron chi connectivity index (χ0n) is 18.7. The van der Waals surface area contributed by atoms with E-state index in [9.17, 15) is 8.42 Å². The fourth-order valence-corrected chi connectivity index (χ4v) is 4.92. The van der Waals surface area contributed by atoms with Crippen molar-refractivity contribution in [3.8, 4) is 17.2 Å². The fourth-order valence-electron chi connectivity index (χ4n) is 3.44. The Kier molecular flexibility index (Phi) is 6.66. The SMILES string of the molecule is COc1cc(S(=O)(=O)N(CCN(C)C)c2ccc3c(ccn3C)c2)cc(OC)c1OC. The standard InChI is InChI=1S/C22H29N3O5S/c1-23(2)11-12-25(17-7-8-19-16(13-17)9-10-24(19)3)31(26,27)18-14-20(28-4)22(30-6)21(15-18)29-5/h7-10,13-15H,11-12H2,1-6H3. The summed E-state index contributed by atoms with van der Waals surface area (Å²) >= 11 is 0. The zero-order chi connectivity index (χ0) is 22.8. The highest BCUT2D eigenvalue weighted by Crippen LogP contribution is 2.40. The molecule has 0 spiro atoms. The summed E-state index contributed by atoms with van der Waals surface area (Å²) < 4.78 is 47.0. The van der Waals surface area contributed by atoms with Gasteiger partial charge < -0.3 is 23.7 Å². The van der Waals surface area contributed by atoms with Crippen LogP contribution in [-0.2, 0) is 17.1 Å². The maximum atomic E-state index is 13.8. The molecule has 2 aromatic carbocycles. The maximum Gasteiger partial charge on any atom is 0.264 e. The van der Waals surface area contributed by atoms with Gasteiger partial charge in [-0.05, 0) is 38.4 Å². The molecule has 1 aromatic heterocycles. The van der Waals surface area contributed by atoms with E-state index < -0.39 is 10.0 Å². The highest BCUT2D eigenvalue weighted by atomic mass is 32.2. The van der Waals surface area contributed by atoms with Crippen LogP contribution in [0.3, 0.4) is 0 Å². The number of ether oxygens (including phenoxy) is 3. The van der Waals surface area contributed by atoms with Gasteiger partial charge in [0, 0.05) is 49.4 Å². The Labute approximate surface area is 183 Å². The molecule has 0 aliphatic rings. The third kappa shape index (κ3) is 4.42. The van der Waals surface area contributed by atoms with E-state index in [1.54, 1.807) is 0 Å². The Morgan fingerprint density at radius 1 is 0.903 bits per heavy atom. The summed E-state index contributed by atoms with van der Waals surface area (Å²) in [4.78, 5) is 2.01. The topological polar surface area (TPSA) is 73.2 Å². The number of benzene rings is 2. The molecule has 0 aliphatic heterocycles. The Bertz CT molecular complexity index is 1150. The van der Waals surface area contributed by atoms with Crippen molar-refractivity contribution in [1.29, 1.82) is 0 Å². The predicted octanol–water partition coefficient (Wildman–Crippen LogP) is 2.96. The summed E-state index contributed by atoms with van der Waals surface area (Å²) in [6, 6.07) is 10.5. The molecule has 0 amide bonds. The Hall–Kier alpha value is -2.91. The summed E-state index contributed by atoms with van der Waals surface area (Å²) in [6.45, 7) is 0.834. The Morgan fingerprint density at radius 3 is 2.10 bits per heavy atom. The van der Waals surface area contributed by atoms with E-state index in [1.165, 1.54) is 37.8 Å². The summed E-state index contributed by atoms with van der Waals surface area (Å²) in [6.07, 6.45) is 1.95. The predicted molar refractivity (Wildman–Crippen MR) is 122 cm³/mol. The van der Waals surface area contributed by atoms with E-state index in [-0.39, 0.29) is 22.9 Å². The minimum atomic E-state index is -3.92. The van der Waals surface area contributed by atoms with Gasteiger partial charge in [-0.2, -0.15) is 0 Å². The van der Waals surface area contributed by atoms with Crippen LogP contribution in [0.15, 0.2) is 47.5 Å². The van der Waals surface area contributed by atoms with Crippen molar-refractivity contribution in [2.45, 2.75) is 4.90 Å². The lowest BCUT2D eigenvalue weighted by atomic mass is 10.2. The second-order valence-electron chi connectivity index (χ2n) is 7.41. The number of fused-ring (bicyclic) bond motifs is 1. The second-order valence-corrected chi connectivity index (χ2v) is 9.27. The van der Waals surface area contributed by atoms with Gasteiger partial charge in [-0.15, -0.1) is 0 Å². The summed E-state index contributed by atoms with van der Waals surface area (Å²) in [7, 11) is 6.25. The summed E-state index contributed by atoms with van der Waals surface area (Å²) in [5, 5.41) is 0.968. The van der Waals surface area contributed by atoms with E-state index in [4.69, 9.17) is 14.2 Å². The minimum Gasteiger partial charge on any atom is -0.493 e. The average molecular weight is 448 g/mol. The molecule has 9 heteroatoms. The monoisotopic (exact) mass is 447 g/mol. The molecule has 8 nitrogen and oxygen atoms in total. The van der Waals surface area contributed by atoms with Gasteiger partial charge in [-0.3, -0.25) is 4.31 Å². The van der Waals surface area contributed by atoms with E-state index in [2.05, 4.69) is 0 Å². The summed E-state index contributed by atoms with van der Waals surface area (Å²) in [5.41, 5.74) is 1.62. The Morgan fingerprint density at radius 2 is 1.55 bits per heavy atom. The molecule has 3 aromatic rings. The van der Waals surface area contributed by atoms with Gasteiger partial charge in [0.1, 0.15) is 0 Å². The first-order valence-corrected chi connectivity index (χ1v) is 11.2. The van der Waals surface area contributed by atoms with E-state index >= 15 is 0 Å². The number of likely N-dealkylation sites (N-methyl/N-ethyl adjacent to an activating group) is 1. The van der Waals surface area contributed by atoms with Crippen molar-refractivity contribution in [3.63, 3.8) is 0 Å². The molecule has 0 fully saturated rings. The van der Waals surface area contributed by atoms with Crippen LogP contribution in [0.5, 0.6) is 17.2 Å². The average Bonchev–Trinajstić information content (AvgIpc) is 3.12. The Balaban J connectivity index is 2.15. The van der Waals surface area contributed by atoms with Crippen LogP contribution in [0.1, 0.15) is 0 Å². The number of aryl methyl sites for hydroxylation is 1. The van der Waals surface area contributed by atoms with Gasteiger partial charge >= 0.3 is 0 Å². The lowest BCUT2D eigenvalue weighted by Crippen LogP contribution is -2.36. The molecule has 1 heterocycles. The first kappa shape index (κ1) is 22.8. The van der Waals surface area contributed by atoms with Crippen molar-refractivity contribution >= 4 is 26.6 Å². The van der Waals surface area contributed by atoms with Crippen LogP contribution >= 0.6 is 0 Å². The first-order valence-electron chi connectivity index (χ1n) is 9.75. The number of rotatable bonds is 9. The first-order chi connectivity index (χ1) is 14.7. The highest BCUT2D eigenvalue weighted by molar-refractivity contribution is 7.92. The highest BCUT2D eigenvalue weighted by Gasteiger charge is 2.28. The van der Waals surface area contributed by atoms with Crippen LogP contribution in [0.25, 0.3) is 10.9 Å². The van der Waals surface area contributed by atoms with Gasteiger partial charge in [-0.25, -0.2) is 8.42 Å². The lowest BCUT2D eigenvalue weighted by Gasteiger charge is -2.27. The van der Waals surface area contributed by atoms with Crippen molar-refractivity contribution in [3.05, 3.63) is 42.6 Å². The number of hydrogen-bond acceptors (Lipinski definition) is 6. The van der Waals surface area contributed by atoms with Crippen molar-refractivity contribution in [1.82, 2.24) is 9.47 Å². The van der Waals surface area contributed by atoms with Crippen molar-refractivity contribution in [2.75, 3.05) is 52.8 Å². The molecular formula is C22H29N3O5S. The van der Waals surface area contributed by atoms with E-state index in [0.717, 1.165) is 10.9 Å². The van der Waals surface area contributed by atoms with Crippen molar-refractivity contribution in [2.24, 2.45) is 7.05 Å². The number of sulfonamides is 1. The molecule has 168 valence electrons. The number of hydrogen-bond donors (Lipinski definition) is 0. The number of aromatic nitrogens is 1. The minimum absolute atomic E-state index is 0.0638. The smallest absolute Gasteiger partial charge is 0.264 e. The molecule has 0 bridgehead atoms. The van der Waals surface area contributed by atoms with E-state index in [0.29, 0.717) is 18.0 Å². The molecule has 31 heavy (non-hydrogen) atoms. The fraction of sp³-hybridized carbons (Fsp3) is 0.364. The lowest BCUT2D eigenvalue weighted by molar-refractivity contribution is 0.323. The molecule has 0 aliphatic carbocycles. The second kappa shape index (κ2) is 9.07. The van der Waals surface area contributed by atoms with E-state index in [1.807, 2.05) is 61.1 Å². The summed E-state index contributed by atoms with van der Waals surface area (Å²) in [5.74, 6) is 0.910. The van der Waals surface area contributed by atoms with Crippen LogP contribution < -0.4 is 18.5 Å². The molecule has 0 saturated heterocycles. The van der Waals surface area contributed by atoms with Crippen molar-refractivity contribution < 1.29 is 22.6 Å². The van der Waals surface area contributed by atoms with Crippen LogP contribution in [0.2, 0.25) is 0 Å². The quantitative estimate of drug-likeness (QED) is 0.502. The largest absolute Gasteiger partial charge is 0.493 e. The van der Waals surface area contributed by atoms with Crippen LogP contribution in [0, 0.1) is 0 Å². The molecule has 0 saturated carbocycles.